The first-order chi connectivity index (χ1) is 37.4. The van der Waals surface area contributed by atoms with Gasteiger partial charge in [-0.05, 0) is 81.7 Å². The lowest BCUT2D eigenvalue weighted by Crippen LogP contribution is -2.31. The first kappa shape index (κ1) is 67.6. The minimum absolute atomic E-state index is 0.00514. The number of nitriles is 2. The molecule has 1 aromatic heterocycles. The van der Waals surface area contributed by atoms with Gasteiger partial charge in [-0.25, -0.2) is 0 Å². The van der Waals surface area contributed by atoms with Gasteiger partial charge in [-0.3, -0.25) is 19.2 Å². The van der Waals surface area contributed by atoms with E-state index >= 15 is 0 Å². The zero-order chi connectivity index (χ0) is 56.1. The molecule has 16 nitrogen and oxygen atoms in total. The SMILES string of the molecule is CCCCCCCCCCC/C=C/CC(CC(=O)OCCOCCOCCN(CCOCCOC(=O)CC(C/C=C/CCCCCCCCCCC)C(=O)O)c1ccc(N=Nc2sc(C#N)c(C)c2C#N)c(C)c1)C(=O)O. The van der Waals surface area contributed by atoms with Crippen molar-refractivity contribution in [2.24, 2.45) is 22.1 Å². The molecule has 2 aromatic rings. The molecule has 2 unspecified atom stereocenters. The number of allylic oxidation sites excluding steroid dienone is 4. The number of carboxylic acids is 2. The number of aliphatic carboxylic acids is 2. The van der Waals surface area contributed by atoms with Crippen molar-refractivity contribution in [3.8, 4) is 12.1 Å². The summed E-state index contributed by atoms with van der Waals surface area (Å²) in [5.41, 5.74) is 3.16. The summed E-state index contributed by atoms with van der Waals surface area (Å²) < 4.78 is 27.9. The lowest BCUT2D eigenvalue weighted by Gasteiger charge is -2.25. The first-order valence-corrected chi connectivity index (χ1v) is 29.3. The Balaban J connectivity index is 1.81. The number of hydrogen-bond donors (Lipinski definition) is 2. The van der Waals surface area contributed by atoms with Gasteiger partial charge in [0.1, 0.15) is 30.2 Å². The van der Waals surface area contributed by atoms with E-state index in [1.54, 1.807) is 6.92 Å². The van der Waals surface area contributed by atoms with E-state index in [1.807, 2.05) is 49.4 Å². The molecule has 77 heavy (non-hydrogen) atoms. The molecular weight excluding hydrogens is 999 g/mol. The molecule has 0 fully saturated rings. The Hall–Kier alpha value is -5.46. The molecule has 0 amide bonds. The summed E-state index contributed by atoms with van der Waals surface area (Å²) in [6.45, 7) is 10.3. The van der Waals surface area contributed by atoms with Crippen LogP contribution in [0.2, 0.25) is 0 Å². The van der Waals surface area contributed by atoms with E-state index < -0.39 is 35.7 Å². The van der Waals surface area contributed by atoms with Crippen LogP contribution in [0.1, 0.15) is 190 Å². The number of anilines is 1. The van der Waals surface area contributed by atoms with Crippen LogP contribution in [-0.2, 0) is 42.9 Å². The normalized spacial score (nSPS) is 12.3. The molecule has 0 aliphatic heterocycles. The second-order valence-electron chi connectivity index (χ2n) is 19.5. The first-order valence-electron chi connectivity index (χ1n) is 28.5. The number of azo groups is 1. The van der Waals surface area contributed by atoms with Crippen LogP contribution in [0, 0.1) is 48.3 Å². The number of carbonyl (C=O) groups is 4. The summed E-state index contributed by atoms with van der Waals surface area (Å²) in [6, 6.07) is 9.87. The standard InChI is InChI=1S/C60H91N5O11S/c1-5-7-9-11-13-15-17-19-21-23-25-27-29-50(59(68)69)44-56(66)75-41-39-73-36-34-65(52-31-32-54(48(3)43-52)63-64-58-53(46-61)49(4)55(47-62)77-58)33-35-72-37-38-74-40-42-76-57(67)45-51(60(70)71)30-28-26-24-22-20-18-16-14-12-10-8-6-2/h25-28,31-32,43,50-51H,5-24,29-30,33-42,44-45H2,1-4H3,(H,68,69)(H,70,71)/b27-25+,28-26+,64-63?. The molecule has 1 aromatic carbocycles. The summed E-state index contributed by atoms with van der Waals surface area (Å²) in [4.78, 5) is 51.2. The van der Waals surface area contributed by atoms with Gasteiger partial charge in [0, 0.05) is 18.8 Å². The van der Waals surface area contributed by atoms with Gasteiger partial charge in [0.25, 0.3) is 0 Å². The van der Waals surface area contributed by atoms with Crippen molar-refractivity contribution < 1.29 is 53.1 Å². The predicted octanol–water partition coefficient (Wildman–Crippen LogP) is 14.4. The molecule has 2 rings (SSSR count). The van der Waals surface area contributed by atoms with Crippen LogP contribution in [-0.4, -0.2) is 100 Å². The van der Waals surface area contributed by atoms with Crippen molar-refractivity contribution in [1.82, 2.24) is 0 Å². The molecule has 0 spiro atoms. The summed E-state index contributed by atoms with van der Waals surface area (Å²) in [6.07, 6.45) is 32.1. The molecule has 2 N–H and O–H groups in total. The smallest absolute Gasteiger partial charge is 0.307 e. The summed E-state index contributed by atoms with van der Waals surface area (Å²) in [5.74, 6) is -4.94. The van der Waals surface area contributed by atoms with Crippen LogP contribution < -0.4 is 4.90 Å². The van der Waals surface area contributed by atoms with Crippen LogP contribution in [0.5, 0.6) is 0 Å². The number of aryl methyl sites for hydroxylation is 1. The number of ether oxygens (including phenoxy) is 5. The van der Waals surface area contributed by atoms with Crippen molar-refractivity contribution in [2.75, 3.05) is 70.8 Å². The number of thiophene rings is 1. The van der Waals surface area contributed by atoms with Crippen LogP contribution in [0.25, 0.3) is 0 Å². The largest absolute Gasteiger partial charge is 0.481 e. The van der Waals surface area contributed by atoms with E-state index in [0.29, 0.717) is 46.4 Å². The highest BCUT2D eigenvalue weighted by molar-refractivity contribution is 7.16. The number of carbonyl (C=O) groups excluding carboxylic acids is 2. The van der Waals surface area contributed by atoms with E-state index in [9.17, 15) is 39.9 Å². The number of unbranched alkanes of at least 4 members (excludes halogenated alkanes) is 18. The Morgan fingerprint density at radius 2 is 1.04 bits per heavy atom. The molecule has 1 heterocycles. The minimum Gasteiger partial charge on any atom is -0.481 e. The van der Waals surface area contributed by atoms with Crippen LogP contribution >= 0.6 is 11.3 Å². The Labute approximate surface area is 464 Å². The van der Waals surface area contributed by atoms with E-state index in [-0.39, 0.29) is 71.9 Å². The fourth-order valence-electron chi connectivity index (χ4n) is 8.39. The van der Waals surface area contributed by atoms with E-state index in [2.05, 4.69) is 41.1 Å². The summed E-state index contributed by atoms with van der Waals surface area (Å²) in [7, 11) is 0. The van der Waals surface area contributed by atoms with Crippen LogP contribution in [0.15, 0.2) is 52.7 Å². The topological polar surface area (TPSA) is 230 Å². The molecule has 0 radical (unpaired) electrons. The molecule has 0 aliphatic rings. The quantitative estimate of drug-likeness (QED) is 0.0272. The highest BCUT2D eigenvalue weighted by Gasteiger charge is 2.22. The molecule has 17 heteroatoms. The lowest BCUT2D eigenvalue weighted by atomic mass is 10.0. The third-order valence-corrected chi connectivity index (χ3v) is 14.2. The van der Waals surface area contributed by atoms with Crippen molar-refractivity contribution >= 4 is 51.6 Å². The number of benzene rings is 1. The van der Waals surface area contributed by atoms with Gasteiger partial charge in [0.05, 0.1) is 75.6 Å². The van der Waals surface area contributed by atoms with Gasteiger partial charge in [0.15, 0.2) is 5.00 Å². The maximum Gasteiger partial charge on any atom is 0.307 e. The highest BCUT2D eigenvalue weighted by Crippen LogP contribution is 2.36. The molecule has 0 bridgehead atoms. The second kappa shape index (κ2) is 44.5. The van der Waals surface area contributed by atoms with Gasteiger partial charge in [-0.2, -0.15) is 10.5 Å². The number of nitrogens with zero attached hydrogens (tertiary/aromatic N) is 5. The predicted molar refractivity (Wildman–Crippen MR) is 303 cm³/mol. The number of carboxylic acid groups (broad SMARTS) is 2. The Morgan fingerprint density at radius 1 is 0.597 bits per heavy atom. The molecule has 428 valence electrons. The Kier molecular flexibility index (Phi) is 39.1. The monoisotopic (exact) mass is 1090 g/mol. The fourth-order valence-corrected chi connectivity index (χ4v) is 9.27. The zero-order valence-electron chi connectivity index (χ0n) is 47.0. The van der Waals surface area contributed by atoms with E-state index in [0.717, 1.165) is 54.7 Å². The van der Waals surface area contributed by atoms with Gasteiger partial charge in [0.2, 0.25) is 0 Å². The average molecular weight is 1090 g/mol. The zero-order valence-corrected chi connectivity index (χ0v) is 47.8. The molecule has 2 atom stereocenters. The van der Waals surface area contributed by atoms with E-state index in [4.69, 9.17) is 23.7 Å². The van der Waals surface area contributed by atoms with E-state index in [1.165, 1.54) is 96.3 Å². The molecule has 0 saturated heterocycles. The minimum atomic E-state index is -1.03. The van der Waals surface area contributed by atoms with Gasteiger partial charge in [-0.1, -0.05) is 141 Å². The van der Waals surface area contributed by atoms with Crippen molar-refractivity contribution in [3.63, 3.8) is 0 Å². The molecular formula is C60H91N5O11S. The highest BCUT2D eigenvalue weighted by atomic mass is 32.1. The van der Waals surface area contributed by atoms with Crippen molar-refractivity contribution in [3.05, 3.63) is 64.1 Å². The van der Waals surface area contributed by atoms with Crippen molar-refractivity contribution in [1.29, 1.82) is 10.5 Å². The molecule has 0 saturated carbocycles. The lowest BCUT2D eigenvalue weighted by molar-refractivity contribution is -0.152. The Morgan fingerprint density at radius 3 is 1.47 bits per heavy atom. The van der Waals surface area contributed by atoms with Gasteiger partial charge < -0.3 is 38.8 Å². The average Bonchev–Trinajstić information content (AvgIpc) is 3.74. The number of esters is 2. The van der Waals surface area contributed by atoms with Gasteiger partial charge >= 0.3 is 23.9 Å². The Bertz CT molecular complexity index is 2150. The number of rotatable bonds is 48. The maximum absolute atomic E-state index is 12.6. The fraction of sp³-hybridized carbons (Fsp3) is 0.667. The second-order valence-corrected chi connectivity index (χ2v) is 20.5. The maximum atomic E-state index is 12.6. The summed E-state index contributed by atoms with van der Waals surface area (Å²) >= 11 is 1.12. The van der Waals surface area contributed by atoms with Crippen molar-refractivity contribution in [2.45, 2.75) is 182 Å². The molecule has 0 aliphatic carbocycles. The van der Waals surface area contributed by atoms with Crippen LogP contribution in [0.3, 0.4) is 0 Å². The van der Waals surface area contributed by atoms with Crippen LogP contribution in [0.4, 0.5) is 16.4 Å². The number of hydrogen-bond acceptors (Lipinski definition) is 15. The third-order valence-electron chi connectivity index (χ3n) is 13.1. The van der Waals surface area contributed by atoms with Gasteiger partial charge in [-0.15, -0.1) is 21.6 Å². The third kappa shape index (κ3) is 32.1. The summed E-state index contributed by atoms with van der Waals surface area (Å²) in [5, 5.41) is 47.5.